The summed E-state index contributed by atoms with van der Waals surface area (Å²) in [5.41, 5.74) is 2.51. The summed E-state index contributed by atoms with van der Waals surface area (Å²) in [4.78, 5) is 22.5. The number of alkyl halides is 3. The van der Waals surface area contributed by atoms with E-state index in [1.807, 2.05) is 12.1 Å². The molecule has 1 aliphatic rings. The highest BCUT2D eigenvalue weighted by Crippen LogP contribution is 2.32. The number of nitrogens with one attached hydrogen (secondary N) is 1. The predicted molar refractivity (Wildman–Crippen MR) is 105 cm³/mol. The van der Waals surface area contributed by atoms with Gasteiger partial charge in [-0.25, -0.2) is 15.0 Å². The quantitative estimate of drug-likeness (QED) is 0.587. The number of nitrogens with zero attached hydrogens (tertiary/aromatic N) is 4. The lowest BCUT2D eigenvalue weighted by Gasteiger charge is -2.32. The molecular weight excluding hydrogens is 403 g/mol. The van der Waals surface area contributed by atoms with E-state index in [9.17, 15) is 18.0 Å². The second-order valence-corrected chi connectivity index (χ2v) is 8.12. The molecule has 156 valence electrons. The molecule has 0 bridgehead atoms. The van der Waals surface area contributed by atoms with Crippen molar-refractivity contribution in [3.63, 3.8) is 0 Å². The van der Waals surface area contributed by atoms with Gasteiger partial charge < -0.3 is 4.90 Å². The van der Waals surface area contributed by atoms with Gasteiger partial charge in [0.15, 0.2) is 5.16 Å². The molecule has 3 rings (SSSR count). The van der Waals surface area contributed by atoms with Crippen LogP contribution in [0.25, 0.3) is 11.3 Å². The Morgan fingerprint density at radius 3 is 2.41 bits per heavy atom. The predicted octanol–water partition coefficient (Wildman–Crippen LogP) is 2.92. The molecular formula is C19H22F3N5OS. The van der Waals surface area contributed by atoms with Crippen molar-refractivity contribution in [3.8, 4) is 11.3 Å². The van der Waals surface area contributed by atoms with Crippen molar-refractivity contribution in [1.82, 2.24) is 25.3 Å². The van der Waals surface area contributed by atoms with E-state index in [0.717, 1.165) is 30.9 Å². The zero-order valence-electron chi connectivity index (χ0n) is 16.1. The van der Waals surface area contributed by atoms with Gasteiger partial charge in [0.1, 0.15) is 5.69 Å². The van der Waals surface area contributed by atoms with E-state index in [0.29, 0.717) is 18.7 Å². The Balaban J connectivity index is 1.76. The van der Waals surface area contributed by atoms with Gasteiger partial charge in [-0.1, -0.05) is 42.1 Å². The molecule has 1 aromatic heterocycles. The molecule has 0 aliphatic carbocycles. The second kappa shape index (κ2) is 9.10. The minimum absolute atomic E-state index is 0.0836. The van der Waals surface area contributed by atoms with Crippen molar-refractivity contribution in [2.45, 2.75) is 23.5 Å². The highest BCUT2D eigenvalue weighted by molar-refractivity contribution is 8.00. The number of thioether (sulfide) groups is 1. The van der Waals surface area contributed by atoms with Gasteiger partial charge in [0.25, 0.3) is 0 Å². The summed E-state index contributed by atoms with van der Waals surface area (Å²) in [6.07, 6.45) is -4.60. The summed E-state index contributed by atoms with van der Waals surface area (Å²) in [6.45, 7) is 4.68. The molecule has 2 aromatic rings. The Labute approximate surface area is 171 Å². The number of carbonyl (C=O) groups is 1. The van der Waals surface area contributed by atoms with Crippen molar-refractivity contribution in [2.24, 2.45) is 0 Å². The van der Waals surface area contributed by atoms with Crippen LogP contribution >= 0.6 is 11.8 Å². The first-order valence-corrected chi connectivity index (χ1v) is 10.0. The highest BCUT2D eigenvalue weighted by Gasteiger charge is 2.34. The monoisotopic (exact) mass is 425 g/mol. The molecule has 1 amide bonds. The Hall–Kier alpha value is -2.17. The fourth-order valence-electron chi connectivity index (χ4n) is 2.76. The van der Waals surface area contributed by atoms with Gasteiger partial charge in [0, 0.05) is 31.7 Å². The summed E-state index contributed by atoms with van der Waals surface area (Å²) in [5.74, 6) is -0.290. The number of halogens is 3. The molecule has 1 saturated heterocycles. The first kappa shape index (κ1) is 21.5. The van der Waals surface area contributed by atoms with Crippen molar-refractivity contribution in [2.75, 3.05) is 33.2 Å². The Kier molecular flexibility index (Phi) is 6.76. The topological polar surface area (TPSA) is 61.4 Å². The van der Waals surface area contributed by atoms with Gasteiger partial charge >= 0.3 is 6.18 Å². The fourth-order valence-corrected chi connectivity index (χ4v) is 3.53. The summed E-state index contributed by atoms with van der Waals surface area (Å²) in [6, 6.07) is 9.51. The van der Waals surface area contributed by atoms with Crippen molar-refractivity contribution >= 4 is 17.7 Å². The largest absolute Gasteiger partial charge is 0.433 e. The first-order chi connectivity index (χ1) is 13.7. The maximum Gasteiger partial charge on any atom is 0.433 e. The molecule has 1 atom stereocenters. The maximum atomic E-state index is 13.3. The van der Waals surface area contributed by atoms with Gasteiger partial charge in [0.05, 0.1) is 10.9 Å². The zero-order valence-corrected chi connectivity index (χ0v) is 16.9. The molecule has 0 unspecified atom stereocenters. The van der Waals surface area contributed by atoms with Crippen LogP contribution in [-0.4, -0.2) is 64.3 Å². The van der Waals surface area contributed by atoms with Crippen LogP contribution in [-0.2, 0) is 11.0 Å². The van der Waals surface area contributed by atoms with Crippen molar-refractivity contribution < 1.29 is 18.0 Å². The van der Waals surface area contributed by atoms with Gasteiger partial charge in [-0.05, 0) is 20.0 Å². The summed E-state index contributed by atoms with van der Waals surface area (Å²) in [5, 5.41) is 1.09. The van der Waals surface area contributed by atoms with Gasteiger partial charge in [-0.2, -0.15) is 13.2 Å². The van der Waals surface area contributed by atoms with Crippen molar-refractivity contribution in [1.29, 1.82) is 0 Å². The molecule has 2 heterocycles. The standard InChI is InChI=1S/C19H22F3N5OS/c1-13(17(28)25-27-10-8-26(2)9-11-27)29-18-23-15(14-6-4-3-5-7-14)12-16(24-18)19(20,21)22/h3-7,12-13H,8-11H2,1-2H3,(H,25,28)/t13-/m1/s1. The number of aromatic nitrogens is 2. The number of hydrogen-bond donors (Lipinski definition) is 1. The molecule has 0 radical (unpaired) electrons. The van der Waals surface area contributed by atoms with Crippen molar-refractivity contribution in [3.05, 3.63) is 42.1 Å². The van der Waals surface area contributed by atoms with Gasteiger partial charge in [-0.15, -0.1) is 0 Å². The van der Waals surface area contributed by atoms with E-state index >= 15 is 0 Å². The van der Waals surface area contributed by atoms with Gasteiger partial charge in [0.2, 0.25) is 5.91 Å². The average Bonchev–Trinajstić information content (AvgIpc) is 2.69. The molecule has 29 heavy (non-hydrogen) atoms. The number of likely N-dealkylation sites (N-methyl/N-ethyl adjacent to an activating group) is 1. The fraction of sp³-hybridized carbons (Fsp3) is 0.421. The molecule has 6 nitrogen and oxygen atoms in total. The Morgan fingerprint density at radius 2 is 1.79 bits per heavy atom. The molecule has 10 heteroatoms. The average molecular weight is 425 g/mol. The number of piperazine rings is 1. The summed E-state index contributed by atoms with van der Waals surface area (Å²) < 4.78 is 39.9. The van der Waals surface area contributed by atoms with E-state index in [2.05, 4.69) is 20.3 Å². The van der Waals surface area contributed by atoms with Crippen LogP contribution < -0.4 is 5.43 Å². The lowest BCUT2D eigenvalue weighted by molar-refractivity contribution is -0.141. The SMILES string of the molecule is C[C@@H](Sc1nc(-c2ccccc2)cc(C(F)(F)F)n1)C(=O)NN1CCN(C)CC1. The molecule has 1 N–H and O–H groups in total. The number of carbonyl (C=O) groups excluding carboxylic acids is 1. The minimum atomic E-state index is -4.60. The number of benzene rings is 1. The van der Waals surface area contributed by atoms with Crippen LogP contribution in [0.4, 0.5) is 13.2 Å². The normalized spacial score (nSPS) is 17.1. The van der Waals surface area contributed by atoms with E-state index in [4.69, 9.17) is 0 Å². The number of rotatable bonds is 5. The minimum Gasteiger partial charge on any atom is -0.304 e. The smallest absolute Gasteiger partial charge is 0.304 e. The van der Waals surface area contributed by atoms with Crippen LogP contribution in [0.3, 0.4) is 0 Å². The van der Waals surface area contributed by atoms with Crippen LogP contribution in [0.5, 0.6) is 0 Å². The second-order valence-electron chi connectivity index (χ2n) is 6.81. The third-order valence-electron chi connectivity index (χ3n) is 4.49. The molecule has 1 aliphatic heterocycles. The zero-order chi connectivity index (χ0) is 21.0. The van der Waals surface area contributed by atoms with Crippen LogP contribution in [0, 0.1) is 0 Å². The van der Waals surface area contributed by atoms with E-state index in [-0.39, 0.29) is 16.8 Å². The lowest BCUT2D eigenvalue weighted by atomic mass is 10.1. The highest BCUT2D eigenvalue weighted by atomic mass is 32.2. The number of hydrazine groups is 1. The molecule has 1 fully saturated rings. The molecule has 1 aromatic carbocycles. The Morgan fingerprint density at radius 1 is 1.14 bits per heavy atom. The third-order valence-corrected chi connectivity index (χ3v) is 5.45. The number of hydrogen-bond acceptors (Lipinski definition) is 6. The summed E-state index contributed by atoms with van der Waals surface area (Å²) >= 11 is 0.909. The van der Waals surface area contributed by atoms with Crippen LogP contribution in [0.15, 0.2) is 41.6 Å². The summed E-state index contributed by atoms with van der Waals surface area (Å²) in [7, 11) is 2.01. The van der Waals surface area contributed by atoms with Crippen LogP contribution in [0.1, 0.15) is 12.6 Å². The third kappa shape index (κ3) is 5.91. The van der Waals surface area contributed by atoms with E-state index in [1.54, 1.807) is 37.3 Å². The maximum absolute atomic E-state index is 13.3. The molecule has 0 spiro atoms. The van der Waals surface area contributed by atoms with Crippen LogP contribution in [0.2, 0.25) is 0 Å². The molecule has 0 saturated carbocycles. The van der Waals surface area contributed by atoms with E-state index in [1.165, 1.54) is 0 Å². The van der Waals surface area contributed by atoms with Gasteiger partial charge in [-0.3, -0.25) is 10.2 Å². The first-order valence-electron chi connectivity index (χ1n) is 9.15. The lowest BCUT2D eigenvalue weighted by Crippen LogP contribution is -2.53. The Bertz CT molecular complexity index is 841. The van der Waals surface area contributed by atoms with E-state index < -0.39 is 17.1 Å². The number of amides is 1.